The predicted molar refractivity (Wildman–Crippen MR) is 58.4 cm³/mol. The van der Waals surface area contributed by atoms with Crippen molar-refractivity contribution in [2.75, 3.05) is 0 Å². The van der Waals surface area contributed by atoms with E-state index in [1.165, 1.54) is 0 Å². The summed E-state index contributed by atoms with van der Waals surface area (Å²) in [7, 11) is 0. The lowest BCUT2D eigenvalue weighted by atomic mass is 10.2. The maximum Gasteiger partial charge on any atom is 0.229 e. The molecule has 0 fully saturated rings. The Morgan fingerprint density at radius 1 is 1.20 bits per heavy atom. The van der Waals surface area contributed by atoms with Crippen molar-refractivity contribution >= 4 is 11.6 Å². The zero-order chi connectivity index (χ0) is 11.0. The van der Waals surface area contributed by atoms with Gasteiger partial charge in [-0.15, -0.1) is 10.2 Å². The fraction of sp³-hybridized carbons (Fsp3) is 0.300. The molecule has 0 spiro atoms. The number of halogens is 1. The van der Waals surface area contributed by atoms with Gasteiger partial charge in [-0.25, -0.2) is 0 Å². The van der Waals surface area contributed by atoms with Gasteiger partial charge in [0, 0.05) is 6.20 Å². The summed E-state index contributed by atoms with van der Waals surface area (Å²) < 4.78 is 1.80. The molecular weight excluding hydrogens is 212 g/mol. The number of hydrogen-bond acceptors (Lipinski definition) is 3. The summed E-state index contributed by atoms with van der Waals surface area (Å²) in [6.45, 7) is 5.82. The summed E-state index contributed by atoms with van der Waals surface area (Å²) in [4.78, 5) is 4.24. The van der Waals surface area contributed by atoms with Crippen molar-refractivity contribution in [1.82, 2.24) is 19.7 Å². The van der Waals surface area contributed by atoms with E-state index in [9.17, 15) is 0 Å². The molecule has 0 aliphatic heterocycles. The zero-order valence-electron chi connectivity index (χ0n) is 8.82. The minimum atomic E-state index is 0.367. The third-order valence-electron chi connectivity index (χ3n) is 2.32. The third kappa shape index (κ3) is 1.61. The van der Waals surface area contributed by atoms with Gasteiger partial charge in [0.25, 0.3) is 0 Å². The molecule has 5 heteroatoms. The first-order valence-corrected chi connectivity index (χ1v) is 4.99. The first-order valence-electron chi connectivity index (χ1n) is 4.61. The Labute approximate surface area is 92.9 Å². The van der Waals surface area contributed by atoms with Crippen molar-refractivity contribution < 1.29 is 0 Å². The van der Waals surface area contributed by atoms with E-state index in [1.807, 2.05) is 26.8 Å². The van der Waals surface area contributed by atoms with Crippen LogP contribution in [-0.2, 0) is 0 Å². The van der Waals surface area contributed by atoms with Gasteiger partial charge in [-0.1, -0.05) is 0 Å². The summed E-state index contributed by atoms with van der Waals surface area (Å²) in [6.07, 6.45) is 1.78. The molecule has 0 aliphatic carbocycles. The van der Waals surface area contributed by atoms with Crippen LogP contribution >= 0.6 is 11.6 Å². The highest BCUT2D eigenvalue weighted by Gasteiger charge is 2.13. The van der Waals surface area contributed by atoms with Crippen molar-refractivity contribution in [2.45, 2.75) is 20.8 Å². The Bertz CT molecular complexity index is 464. The third-order valence-corrected chi connectivity index (χ3v) is 2.56. The maximum atomic E-state index is 5.99. The Morgan fingerprint density at radius 3 is 2.47 bits per heavy atom. The van der Waals surface area contributed by atoms with Crippen molar-refractivity contribution in [3.8, 4) is 5.69 Å². The molecule has 0 atom stereocenters. The number of pyridine rings is 1. The van der Waals surface area contributed by atoms with Crippen LogP contribution in [0.1, 0.15) is 17.1 Å². The maximum absolute atomic E-state index is 5.99. The molecule has 4 nitrogen and oxygen atoms in total. The molecular formula is C10H11ClN4. The van der Waals surface area contributed by atoms with E-state index in [0.717, 1.165) is 22.8 Å². The van der Waals surface area contributed by atoms with E-state index >= 15 is 0 Å². The molecule has 0 saturated heterocycles. The monoisotopic (exact) mass is 222 g/mol. The first kappa shape index (κ1) is 10.1. The Balaban J connectivity index is 2.74. The van der Waals surface area contributed by atoms with Gasteiger partial charge in [0.05, 0.1) is 11.4 Å². The molecule has 0 aliphatic rings. The molecule has 0 saturated carbocycles. The van der Waals surface area contributed by atoms with E-state index in [4.69, 9.17) is 11.6 Å². The van der Waals surface area contributed by atoms with Crippen LogP contribution < -0.4 is 0 Å². The average molecular weight is 223 g/mol. The van der Waals surface area contributed by atoms with Gasteiger partial charge in [-0.05, 0) is 44.0 Å². The van der Waals surface area contributed by atoms with Crippen LogP contribution in [-0.4, -0.2) is 19.7 Å². The van der Waals surface area contributed by atoms with Gasteiger partial charge in [-0.3, -0.25) is 9.55 Å². The SMILES string of the molecule is Cc1ccnc(C)c1-n1c(C)nnc1Cl. The van der Waals surface area contributed by atoms with Gasteiger partial charge in [-0.2, -0.15) is 0 Å². The Morgan fingerprint density at radius 2 is 1.93 bits per heavy atom. The Hall–Kier alpha value is -1.42. The van der Waals surface area contributed by atoms with Crippen LogP contribution in [0.15, 0.2) is 12.3 Å². The van der Waals surface area contributed by atoms with Crippen LogP contribution in [0.5, 0.6) is 0 Å². The second-order valence-corrected chi connectivity index (χ2v) is 3.75. The lowest BCUT2D eigenvalue weighted by Gasteiger charge is -2.10. The molecule has 0 aromatic carbocycles. The number of aromatic nitrogens is 4. The molecule has 15 heavy (non-hydrogen) atoms. The predicted octanol–water partition coefficient (Wildman–Crippen LogP) is 2.24. The van der Waals surface area contributed by atoms with E-state index in [-0.39, 0.29) is 0 Å². The molecule has 78 valence electrons. The summed E-state index contributed by atoms with van der Waals surface area (Å²) >= 11 is 5.99. The van der Waals surface area contributed by atoms with E-state index < -0.39 is 0 Å². The molecule has 0 radical (unpaired) electrons. The quantitative estimate of drug-likeness (QED) is 0.743. The highest BCUT2D eigenvalue weighted by atomic mass is 35.5. The first-order chi connectivity index (χ1) is 7.11. The summed E-state index contributed by atoms with van der Waals surface area (Å²) in [5.74, 6) is 0.763. The topological polar surface area (TPSA) is 43.6 Å². The lowest BCUT2D eigenvalue weighted by molar-refractivity contribution is 0.934. The van der Waals surface area contributed by atoms with Crippen LogP contribution in [0.25, 0.3) is 5.69 Å². The zero-order valence-corrected chi connectivity index (χ0v) is 9.58. The number of nitrogens with zero attached hydrogens (tertiary/aromatic N) is 4. The van der Waals surface area contributed by atoms with Crippen molar-refractivity contribution in [1.29, 1.82) is 0 Å². The minimum absolute atomic E-state index is 0.367. The molecule has 0 N–H and O–H groups in total. The second kappa shape index (κ2) is 3.62. The van der Waals surface area contributed by atoms with Crippen LogP contribution in [0.3, 0.4) is 0 Å². The van der Waals surface area contributed by atoms with E-state index in [0.29, 0.717) is 5.28 Å². The van der Waals surface area contributed by atoms with Crippen molar-refractivity contribution in [3.63, 3.8) is 0 Å². The van der Waals surface area contributed by atoms with E-state index in [1.54, 1.807) is 10.8 Å². The van der Waals surface area contributed by atoms with Gasteiger partial charge in [0.15, 0.2) is 0 Å². The average Bonchev–Trinajstić information content (AvgIpc) is 2.49. The molecule has 0 amide bonds. The normalized spacial score (nSPS) is 10.7. The summed E-state index contributed by atoms with van der Waals surface area (Å²) in [6, 6.07) is 1.94. The van der Waals surface area contributed by atoms with Gasteiger partial charge >= 0.3 is 0 Å². The van der Waals surface area contributed by atoms with Crippen LogP contribution in [0, 0.1) is 20.8 Å². The van der Waals surface area contributed by atoms with Crippen LogP contribution in [0.2, 0.25) is 5.28 Å². The molecule has 2 rings (SSSR count). The highest BCUT2D eigenvalue weighted by molar-refractivity contribution is 6.28. The lowest BCUT2D eigenvalue weighted by Crippen LogP contribution is -2.03. The van der Waals surface area contributed by atoms with Crippen molar-refractivity contribution in [2.24, 2.45) is 0 Å². The number of rotatable bonds is 1. The standard InChI is InChI=1S/C10H11ClN4/c1-6-4-5-12-7(2)9(6)15-8(3)13-14-10(15)11/h4-5H,1-3H3. The molecule has 2 aromatic heterocycles. The fourth-order valence-corrected chi connectivity index (χ4v) is 1.86. The molecule has 2 heterocycles. The fourth-order valence-electron chi connectivity index (χ4n) is 1.62. The summed E-state index contributed by atoms with van der Waals surface area (Å²) in [5.41, 5.74) is 2.98. The largest absolute Gasteiger partial charge is 0.268 e. The van der Waals surface area contributed by atoms with Gasteiger partial charge < -0.3 is 0 Å². The second-order valence-electron chi connectivity index (χ2n) is 3.41. The highest BCUT2D eigenvalue weighted by Crippen LogP contribution is 2.21. The Kier molecular flexibility index (Phi) is 2.44. The van der Waals surface area contributed by atoms with E-state index in [2.05, 4.69) is 15.2 Å². The molecule has 0 bridgehead atoms. The van der Waals surface area contributed by atoms with Crippen molar-refractivity contribution in [3.05, 3.63) is 34.6 Å². The number of aryl methyl sites for hydroxylation is 3. The minimum Gasteiger partial charge on any atom is -0.268 e. The summed E-state index contributed by atoms with van der Waals surface area (Å²) in [5, 5.41) is 8.12. The number of hydrogen-bond donors (Lipinski definition) is 0. The molecule has 0 unspecified atom stereocenters. The molecule has 2 aromatic rings. The van der Waals surface area contributed by atoms with Crippen LogP contribution in [0.4, 0.5) is 0 Å². The van der Waals surface area contributed by atoms with Gasteiger partial charge in [0.2, 0.25) is 5.28 Å². The smallest absolute Gasteiger partial charge is 0.229 e. The van der Waals surface area contributed by atoms with Gasteiger partial charge in [0.1, 0.15) is 5.82 Å².